The zero-order chi connectivity index (χ0) is 23.3. The Balaban J connectivity index is 1.58. The summed E-state index contributed by atoms with van der Waals surface area (Å²) in [5.74, 6) is -0.316. The van der Waals surface area contributed by atoms with E-state index in [0.717, 1.165) is 16.7 Å². The second kappa shape index (κ2) is 9.96. The lowest BCUT2D eigenvalue weighted by Gasteiger charge is -2.41. The molecule has 3 aromatic rings. The molecule has 0 aliphatic carbocycles. The van der Waals surface area contributed by atoms with E-state index in [9.17, 15) is 9.59 Å². The van der Waals surface area contributed by atoms with Crippen LogP contribution >= 0.6 is 0 Å². The van der Waals surface area contributed by atoms with Crippen molar-refractivity contribution in [1.29, 1.82) is 0 Å². The summed E-state index contributed by atoms with van der Waals surface area (Å²) >= 11 is 0. The van der Waals surface area contributed by atoms with Gasteiger partial charge >= 0.3 is 0 Å². The van der Waals surface area contributed by atoms with Crippen molar-refractivity contribution in [3.63, 3.8) is 0 Å². The summed E-state index contributed by atoms with van der Waals surface area (Å²) in [6.07, 6.45) is 3.58. The van der Waals surface area contributed by atoms with Gasteiger partial charge in [-0.2, -0.15) is 0 Å². The minimum absolute atomic E-state index is 0.121. The minimum atomic E-state index is -1.14. The van der Waals surface area contributed by atoms with E-state index in [-0.39, 0.29) is 18.4 Å². The van der Waals surface area contributed by atoms with Gasteiger partial charge < -0.3 is 15.0 Å². The second-order valence-corrected chi connectivity index (χ2v) is 8.41. The molecule has 1 saturated heterocycles. The average Bonchev–Trinajstić information content (AvgIpc) is 2.85. The minimum Gasteiger partial charge on any atom is -0.361 e. The van der Waals surface area contributed by atoms with Crippen molar-refractivity contribution < 1.29 is 14.3 Å². The largest absolute Gasteiger partial charge is 0.361 e. The van der Waals surface area contributed by atoms with Gasteiger partial charge in [-0.1, -0.05) is 54.1 Å². The molecular weight excluding hydrogens is 414 g/mol. The van der Waals surface area contributed by atoms with E-state index in [1.165, 1.54) is 5.56 Å². The van der Waals surface area contributed by atoms with Crippen molar-refractivity contribution in [2.75, 3.05) is 26.2 Å². The Morgan fingerprint density at radius 3 is 2.52 bits per heavy atom. The molecule has 4 rings (SSSR count). The van der Waals surface area contributed by atoms with Gasteiger partial charge in [-0.25, -0.2) is 0 Å². The Morgan fingerprint density at radius 1 is 1.06 bits per heavy atom. The fraction of sp³-hybridized carbons (Fsp3) is 0.296. The molecule has 0 saturated carbocycles. The molecule has 0 bridgehead atoms. The zero-order valence-electron chi connectivity index (χ0n) is 19.1. The van der Waals surface area contributed by atoms with Crippen molar-refractivity contribution >= 4 is 11.8 Å². The standard InChI is InChI=1S/C27H29N3O3/c1-3-29-26(32)27(19-30(15-16-33-27)25(31)23-11-13-28-14-12-23)18-21-7-9-22(10-8-21)24-6-4-5-20(2)17-24/h4-14,17H,3,15-16,18-19H2,1-2H3,(H,29,32). The van der Waals surface area contributed by atoms with Gasteiger partial charge in [0.05, 0.1) is 13.2 Å². The van der Waals surface area contributed by atoms with Crippen LogP contribution in [0, 0.1) is 6.92 Å². The van der Waals surface area contributed by atoms with Crippen LogP contribution < -0.4 is 5.32 Å². The van der Waals surface area contributed by atoms with Crippen LogP contribution in [-0.2, 0) is 16.0 Å². The maximum atomic E-state index is 13.2. The first-order chi connectivity index (χ1) is 16.0. The van der Waals surface area contributed by atoms with Gasteiger partial charge in [-0.15, -0.1) is 0 Å². The number of carbonyl (C=O) groups is 2. The van der Waals surface area contributed by atoms with Crippen molar-refractivity contribution in [3.05, 3.63) is 89.7 Å². The van der Waals surface area contributed by atoms with E-state index >= 15 is 0 Å². The molecule has 1 aliphatic heterocycles. The number of morpholine rings is 1. The number of aromatic nitrogens is 1. The summed E-state index contributed by atoms with van der Waals surface area (Å²) in [5.41, 5.74) is 3.88. The van der Waals surface area contributed by atoms with Crippen molar-refractivity contribution in [1.82, 2.24) is 15.2 Å². The van der Waals surface area contributed by atoms with Crippen LogP contribution in [0.4, 0.5) is 0 Å². The van der Waals surface area contributed by atoms with Gasteiger partial charge in [0.25, 0.3) is 11.8 Å². The molecule has 1 aromatic heterocycles. The first-order valence-electron chi connectivity index (χ1n) is 11.3. The Bertz CT molecular complexity index is 1110. The summed E-state index contributed by atoms with van der Waals surface area (Å²) in [7, 11) is 0. The van der Waals surface area contributed by atoms with Gasteiger partial charge in [-0.3, -0.25) is 14.6 Å². The normalized spacial score (nSPS) is 18.1. The lowest BCUT2D eigenvalue weighted by molar-refractivity contribution is -0.157. The van der Waals surface area contributed by atoms with Crippen LogP contribution in [0.25, 0.3) is 11.1 Å². The predicted molar refractivity (Wildman–Crippen MR) is 128 cm³/mol. The molecule has 1 N–H and O–H groups in total. The molecule has 170 valence electrons. The Hall–Kier alpha value is -3.51. The highest BCUT2D eigenvalue weighted by Gasteiger charge is 2.45. The highest BCUT2D eigenvalue weighted by atomic mass is 16.5. The molecule has 0 spiro atoms. The third-order valence-electron chi connectivity index (χ3n) is 5.95. The van der Waals surface area contributed by atoms with Gasteiger partial charge in [0.1, 0.15) is 0 Å². The van der Waals surface area contributed by atoms with Crippen LogP contribution in [0.5, 0.6) is 0 Å². The van der Waals surface area contributed by atoms with Crippen LogP contribution in [0.2, 0.25) is 0 Å². The fourth-order valence-electron chi connectivity index (χ4n) is 4.25. The summed E-state index contributed by atoms with van der Waals surface area (Å²) in [5, 5.41) is 2.91. The molecule has 0 radical (unpaired) electrons. The van der Waals surface area contributed by atoms with Crippen LogP contribution in [0.3, 0.4) is 0 Å². The lowest BCUT2D eigenvalue weighted by Crippen LogP contribution is -2.62. The first-order valence-corrected chi connectivity index (χ1v) is 11.3. The van der Waals surface area contributed by atoms with E-state index in [1.807, 2.05) is 25.1 Å². The highest BCUT2D eigenvalue weighted by molar-refractivity contribution is 5.95. The summed E-state index contributed by atoms with van der Waals surface area (Å²) in [4.78, 5) is 31.9. The van der Waals surface area contributed by atoms with Crippen LogP contribution in [-0.4, -0.2) is 53.5 Å². The zero-order valence-corrected chi connectivity index (χ0v) is 19.1. The molecule has 6 nitrogen and oxygen atoms in total. The third-order valence-corrected chi connectivity index (χ3v) is 5.95. The number of ether oxygens (including phenoxy) is 1. The summed E-state index contributed by atoms with van der Waals surface area (Å²) < 4.78 is 6.11. The third kappa shape index (κ3) is 5.12. The predicted octanol–water partition coefficient (Wildman–Crippen LogP) is 3.65. The number of aryl methyl sites for hydroxylation is 1. The number of nitrogens with one attached hydrogen (secondary N) is 1. The molecule has 2 aromatic carbocycles. The van der Waals surface area contributed by atoms with Gasteiger partial charge in [-0.05, 0) is 42.7 Å². The van der Waals surface area contributed by atoms with Crippen LogP contribution in [0.15, 0.2) is 73.1 Å². The number of hydrogen-bond acceptors (Lipinski definition) is 4. The number of nitrogens with zero attached hydrogens (tertiary/aromatic N) is 2. The average molecular weight is 444 g/mol. The van der Waals surface area contributed by atoms with E-state index < -0.39 is 5.60 Å². The van der Waals surface area contributed by atoms with Gasteiger partial charge in [0.15, 0.2) is 5.60 Å². The number of hydrogen-bond donors (Lipinski definition) is 1. The summed E-state index contributed by atoms with van der Waals surface area (Å²) in [6.45, 7) is 5.39. The topological polar surface area (TPSA) is 71.5 Å². The van der Waals surface area contributed by atoms with E-state index in [2.05, 4.69) is 47.6 Å². The Morgan fingerprint density at radius 2 is 1.82 bits per heavy atom. The molecule has 2 heterocycles. The molecule has 1 aliphatic rings. The van der Waals surface area contributed by atoms with E-state index in [1.54, 1.807) is 29.4 Å². The van der Waals surface area contributed by atoms with E-state index in [0.29, 0.717) is 31.7 Å². The van der Waals surface area contributed by atoms with Crippen molar-refractivity contribution in [2.45, 2.75) is 25.9 Å². The summed E-state index contributed by atoms with van der Waals surface area (Å²) in [6, 6.07) is 19.9. The smallest absolute Gasteiger partial charge is 0.254 e. The maximum Gasteiger partial charge on any atom is 0.254 e. The number of benzene rings is 2. The Labute approximate surface area is 194 Å². The first kappa shape index (κ1) is 22.7. The molecule has 33 heavy (non-hydrogen) atoms. The SMILES string of the molecule is CCNC(=O)C1(Cc2ccc(-c3cccc(C)c3)cc2)CN(C(=O)c2ccncc2)CCO1. The number of pyridine rings is 1. The maximum absolute atomic E-state index is 13.2. The number of rotatable bonds is 6. The fourth-order valence-corrected chi connectivity index (χ4v) is 4.25. The Kier molecular flexibility index (Phi) is 6.84. The molecule has 1 atom stereocenters. The second-order valence-electron chi connectivity index (χ2n) is 8.41. The number of amides is 2. The van der Waals surface area contributed by atoms with Gasteiger partial charge in [0, 0.05) is 37.5 Å². The molecule has 6 heteroatoms. The quantitative estimate of drug-likeness (QED) is 0.631. The lowest BCUT2D eigenvalue weighted by atomic mass is 9.90. The number of carbonyl (C=O) groups excluding carboxylic acids is 2. The number of likely N-dealkylation sites (N-methyl/N-ethyl adjacent to an activating group) is 1. The monoisotopic (exact) mass is 443 g/mol. The highest BCUT2D eigenvalue weighted by Crippen LogP contribution is 2.27. The van der Waals surface area contributed by atoms with Crippen molar-refractivity contribution in [2.24, 2.45) is 0 Å². The molecule has 2 amide bonds. The molecule has 1 fully saturated rings. The molecule has 1 unspecified atom stereocenters. The van der Waals surface area contributed by atoms with Crippen molar-refractivity contribution in [3.8, 4) is 11.1 Å². The molecular formula is C27H29N3O3. The van der Waals surface area contributed by atoms with Crippen LogP contribution in [0.1, 0.15) is 28.4 Å². The van der Waals surface area contributed by atoms with E-state index in [4.69, 9.17) is 4.74 Å². The van der Waals surface area contributed by atoms with Gasteiger partial charge in [0.2, 0.25) is 0 Å².